The number of aromatic nitrogens is 1. The van der Waals surface area contributed by atoms with Crippen LogP contribution in [0.5, 0.6) is 0 Å². The fraction of sp³-hybridized carbons (Fsp3) is 0.400. The summed E-state index contributed by atoms with van der Waals surface area (Å²) in [6, 6.07) is 2.01. The second kappa shape index (κ2) is 2.92. The van der Waals surface area contributed by atoms with Crippen LogP contribution in [-0.4, -0.2) is 10.9 Å². The molecule has 2 heterocycles. The van der Waals surface area contributed by atoms with E-state index in [1.54, 1.807) is 6.20 Å². The minimum atomic E-state index is 0.156. The van der Waals surface area contributed by atoms with Crippen molar-refractivity contribution in [2.75, 3.05) is 5.32 Å². The third-order valence-electron chi connectivity index (χ3n) is 3.16. The van der Waals surface area contributed by atoms with E-state index in [0.29, 0.717) is 5.92 Å². The fourth-order valence-electron chi connectivity index (χ4n) is 2.27. The molecule has 1 amide bonds. The number of hydrogen-bond donors (Lipinski definition) is 1. The van der Waals surface area contributed by atoms with Crippen molar-refractivity contribution in [2.24, 2.45) is 5.92 Å². The Kier molecular flexibility index (Phi) is 1.80. The predicted molar refractivity (Wildman–Crippen MR) is 61.0 cm³/mol. The predicted octanol–water partition coefficient (Wildman–Crippen LogP) is 2.13. The average molecular weight is 300 g/mol. The van der Waals surface area contributed by atoms with E-state index in [9.17, 15) is 4.79 Å². The van der Waals surface area contributed by atoms with E-state index >= 15 is 0 Å². The molecule has 1 N–H and O–H groups in total. The highest BCUT2D eigenvalue weighted by Crippen LogP contribution is 2.49. The molecule has 1 aromatic rings. The SMILES string of the molecule is O=C1Nc2nccc(I)c2[C@H]2CCC12. The quantitative estimate of drug-likeness (QED) is 0.746. The third kappa shape index (κ3) is 1.03. The number of carbonyl (C=O) groups is 1. The molecule has 72 valence electrons. The van der Waals surface area contributed by atoms with Gasteiger partial charge in [-0.2, -0.15) is 0 Å². The van der Waals surface area contributed by atoms with Gasteiger partial charge in [0.1, 0.15) is 5.82 Å². The van der Waals surface area contributed by atoms with Gasteiger partial charge in [-0.3, -0.25) is 4.79 Å². The first kappa shape index (κ1) is 8.64. The summed E-state index contributed by atoms with van der Waals surface area (Å²) < 4.78 is 1.22. The number of nitrogens with one attached hydrogen (secondary N) is 1. The van der Waals surface area contributed by atoms with Crippen LogP contribution in [0.3, 0.4) is 0 Å². The van der Waals surface area contributed by atoms with Crippen molar-refractivity contribution < 1.29 is 4.79 Å². The summed E-state index contributed by atoms with van der Waals surface area (Å²) in [6.45, 7) is 0. The summed E-state index contributed by atoms with van der Waals surface area (Å²) in [5, 5.41) is 2.88. The molecule has 1 aliphatic heterocycles. The summed E-state index contributed by atoms with van der Waals surface area (Å²) in [4.78, 5) is 15.8. The van der Waals surface area contributed by atoms with Crippen LogP contribution in [0.2, 0.25) is 0 Å². The minimum Gasteiger partial charge on any atom is -0.310 e. The second-order valence-corrected chi connectivity index (χ2v) is 5.00. The zero-order chi connectivity index (χ0) is 9.71. The molecular formula is C10H9IN2O. The fourth-order valence-corrected chi connectivity index (χ4v) is 3.09. The number of hydrogen-bond acceptors (Lipinski definition) is 2. The van der Waals surface area contributed by atoms with Crippen LogP contribution >= 0.6 is 22.6 Å². The highest BCUT2D eigenvalue weighted by molar-refractivity contribution is 14.1. The van der Waals surface area contributed by atoms with Gasteiger partial charge in [-0.05, 0) is 41.5 Å². The Morgan fingerprint density at radius 3 is 2.93 bits per heavy atom. The smallest absolute Gasteiger partial charge is 0.229 e. The number of anilines is 1. The van der Waals surface area contributed by atoms with Gasteiger partial charge in [0.25, 0.3) is 0 Å². The Hall–Kier alpha value is -0.650. The number of halogens is 1. The minimum absolute atomic E-state index is 0.156. The number of nitrogens with zero attached hydrogens (tertiary/aromatic N) is 1. The van der Waals surface area contributed by atoms with Crippen LogP contribution in [0.25, 0.3) is 0 Å². The van der Waals surface area contributed by atoms with Crippen LogP contribution in [0.1, 0.15) is 24.3 Å². The van der Waals surface area contributed by atoms with Crippen LogP contribution < -0.4 is 5.32 Å². The normalized spacial score (nSPS) is 28.5. The summed E-state index contributed by atoms with van der Waals surface area (Å²) in [5.74, 6) is 1.57. The highest BCUT2D eigenvalue weighted by Gasteiger charge is 2.43. The number of pyridine rings is 1. The Morgan fingerprint density at radius 2 is 2.21 bits per heavy atom. The molecule has 1 aromatic heterocycles. The summed E-state index contributed by atoms with van der Waals surface area (Å²) in [5.41, 5.74) is 1.25. The molecular weight excluding hydrogens is 291 g/mol. The number of fused-ring (bicyclic) bond motifs is 3. The van der Waals surface area contributed by atoms with Gasteiger partial charge in [-0.15, -0.1) is 0 Å². The van der Waals surface area contributed by atoms with Gasteiger partial charge in [0, 0.05) is 27.2 Å². The first-order chi connectivity index (χ1) is 6.77. The summed E-state index contributed by atoms with van der Waals surface area (Å²) in [7, 11) is 0. The van der Waals surface area contributed by atoms with E-state index in [1.165, 1.54) is 9.13 Å². The molecule has 0 spiro atoms. The number of amides is 1. The molecule has 4 heteroatoms. The number of rotatable bonds is 0. The summed E-state index contributed by atoms with van der Waals surface area (Å²) >= 11 is 2.32. The largest absolute Gasteiger partial charge is 0.310 e. The zero-order valence-corrected chi connectivity index (χ0v) is 9.61. The maximum atomic E-state index is 11.6. The topological polar surface area (TPSA) is 42.0 Å². The Balaban J connectivity index is 2.16. The molecule has 1 saturated carbocycles. The van der Waals surface area contributed by atoms with Gasteiger partial charge in [0.05, 0.1) is 0 Å². The van der Waals surface area contributed by atoms with Gasteiger partial charge in [-0.25, -0.2) is 4.98 Å². The van der Waals surface area contributed by atoms with E-state index in [-0.39, 0.29) is 11.8 Å². The Labute approximate surface area is 95.4 Å². The van der Waals surface area contributed by atoms with Crippen LogP contribution in [0.4, 0.5) is 5.82 Å². The molecule has 0 radical (unpaired) electrons. The lowest BCUT2D eigenvalue weighted by atomic mass is 9.68. The molecule has 1 fully saturated rings. The third-order valence-corrected chi connectivity index (χ3v) is 4.10. The maximum absolute atomic E-state index is 11.6. The van der Waals surface area contributed by atoms with Gasteiger partial charge in [0.2, 0.25) is 5.91 Å². The van der Waals surface area contributed by atoms with Gasteiger partial charge in [-0.1, -0.05) is 0 Å². The zero-order valence-electron chi connectivity index (χ0n) is 7.46. The van der Waals surface area contributed by atoms with Gasteiger partial charge < -0.3 is 5.32 Å². The molecule has 0 aromatic carbocycles. The van der Waals surface area contributed by atoms with E-state index in [1.807, 2.05) is 6.07 Å². The van der Waals surface area contributed by atoms with Crippen molar-refractivity contribution in [3.05, 3.63) is 21.4 Å². The molecule has 1 aliphatic carbocycles. The molecule has 3 rings (SSSR count). The van der Waals surface area contributed by atoms with Crippen LogP contribution in [0.15, 0.2) is 12.3 Å². The van der Waals surface area contributed by atoms with Gasteiger partial charge in [0.15, 0.2) is 0 Å². The molecule has 1 unspecified atom stereocenters. The molecule has 2 atom stereocenters. The van der Waals surface area contributed by atoms with E-state index in [0.717, 1.165) is 18.7 Å². The van der Waals surface area contributed by atoms with Crippen molar-refractivity contribution in [1.29, 1.82) is 0 Å². The lowest BCUT2D eigenvalue weighted by Crippen LogP contribution is -2.40. The first-order valence-corrected chi connectivity index (χ1v) is 5.80. The Bertz CT molecular complexity index is 419. The summed E-state index contributed by atoms with van der Waals surface area (Å²) in [6.07, 6.45) is 3.91. The molecule has 2 aliphatic rings. The van der Waals surface area contributed by atoms with Gasteiger partial charge >= 0.3 is 0 Å². The van der Waals surface area contributed by atoms with Crippen molar-refractivity contribution in [2.45, 2.75) is 18.8 Å². The van der Waals surface area contributed by atoms with Crippen molar-refractivity contribution in [1.82, 2.24) is 4.98 Å². The maximum Gasteiger partial charge on any atom is 0.229 e. The molecule has 0 saturated heterocycles. The lowest BCUT2D eigenvalue weighted by molar-refractivity contribution is -0.123. The lowest BCUT2D eigenvalue weighted by Gasteiger charge is -2.40. The number of carbonyl (C=O) groups excluding carboxylic acids is 1. The standard InChI is InChI=1S/C10H9IN2O/c11-7-3-4-12-9-8(7)5-1-2-6(5)10(14)13-9/h3-6H,1-2H2,(H,12,13,14)/t5-,6?/m0/s1. The molecule has 14 heavy (non-hydrogen) atoms. The van der Waals surface area contributed by atoms with E-state index in [2.05, 4.69) is 32.9 Å². The van der Waals surface area contributed by atoms with Crippen molar-refractivity contribution >= 4 is 34.3 Å². The van der Waals surface area contributed by atoms with E-state index < -0.39 is 0 Å². The second-order valence-electron chi connectivity index (χ2n) is 3.83. The molecule has 3 nitrogen and oxygen atoms in total. The van der Waals surface area contributed by atoms with Crippen LogP contribution in [-0.2, 0) is 4.79 Å². The van der Waals surface area contributed by atoms with Crippen LogP contribution in [0, 0.1) is 9.49 Å². The Morgan fingerprint density at radius 1 is 1.43 bits per heavy atom. The first-order valence-electron chi connectivity index (χ1n) is 4.72. The van der Waals surface area contributed by atoms with E-state index in [4.69, 9.17) is 0 Å². The van der Waals surface area contributed by atoms with Crippen molar-refractivity contribution in [3.8, 4) is 0 Å². The highest BCUT2D eigenvalue weighted by atomic mass is 127. The average Bonchev–Trinajstić information content (AvgIpc) is 2.07. The molecule has 0 bridgehead atoms. The van der Waals surface area contributed by atoms with Crippen molar-refractivity contribution in [3.63, 3.8) is 0 Å². The monoisotopic (exact) mass is 300 g/mol.